The molecule has 1 amide bonds. The molecular formula is C18H16N2O3. The zero-order valence-electron chi connectivity index (χ0n) is 12.6. The van der Waals surface area contributed by atoms with E-state index in [1.165, 1.54) is 6.20 Å². The van der Waals surface area contributed by atoms with Crippen LogP contribution in [0.15, 0.2) is 59.5 Å². The first kappa shape index (κ1) is 14.8. The lowest BCUT2D eigenvalue weighted by Crippen LogP contribution is -2.22. The summed E-state index contributed by atoms with van der Waals surface area (Å²) in [6.07, 6.45) is 1.43. The van der Waals surface area contributed by atoms with Gasteiger partial charge in [-0.1, -0.05) is 24.3 Å². The minimum atomic E-state index is -0.468. The summed E-state index contributed by atoms with van der Waals surface area (Å²) in [5.74, 6) is 0.102. The minimum Gasteiger partial charge on any atom is -0.492 e. The van der Waals surface area contributed by atoms with Crippen LogP contribution >= 0.6 is 0 Å². The highest BCUT2D eigenvalue weighted by Crippen LogP contribution is 2.24. The Morgan fingerprint density at radius 2 is 1.87 bits per heavy atom. The molecule has 0 fully saturated rings. The van der Waals surface area contributed by atoms with Gasteiger partial charge in [-0.25, -0.2) is 0 Å². The first-order valence-corrected chi connectivity index (χ1v) is 7.34. The number of aromatic nitrogens is 1. The summed E-state index contributed by atoms with van der Waals surface area (Å²) >= 11 is 0. The van der Waals surface area contributed by atoms with Crippen molar-refractivity contribution in [1.29, 1.82) is 0 Å². The second-order valence-corrected chi connectivity index (χ2v) is 4.96. The van der Waals surface area contributed by atoms with E-state index in [1.807, 2.05) is 19.1 Å². The summed E-state index contributed by atoms with van der Waals surface area (Å²) in [6.45, 7) is 2.36. The summed E-state index contributed by atoms with van der Waals surface area (Å²) in [5.41, 5.74) is 0.997. The molecule has 0 unspecified atom stereocenters. The fourth-order valence-corrected chi connectivity index (χ4v) is 2.38. The second kappa shape index (κ2) is 6.36. The van der Waals surface area contributed by atoms with Gasteiger partial charge in [-0.2, -0.15) is 0 Å². The fraction of sp³-hybridized carbons (Fsp3) is 0.111. The second-order valence-electron chi connectivity index (χ2n) is 4.96. The van der Waals surface area contributed by atoms with Crippen molar-refractivity contribution in [3.63, 3.8) is 0 Å². The molecule has 116 valence electrons. The van der Waals surface area contributed by atoms with Crippen LogP contribution in [0.3, 0.4) is 0 Å². The number of pyridine rings is 1. The van der Waals surface area contributed by atoms with Crippen LogP contribution in [0.25, 0.3) is 10.9 Å². The molecule has 5 nitrogen and oxygen atoms in total. The molecule has 2 aromatic carbocycles. The maximum atomic E-state index is 12.5. The molecule has 0 aliphatic rings. The molecule has 1 heterocycles. The lowest BCUT2D eigenvalue weighted by Gasteiger charge is -2.11. The lowest BCUT2D eigenvalue weighted by atomic mass is 10.1. The molecule has 0 spiro atoms. The third-order valence-corrected chi connectivity index (χ3v) is 3.47. The molecule has 2 N–H and O–H groups in total. The molecular weight excluding hydrogens is 292 g/mol. The number of carbonyl (C=O) groups excluding carboxylic acids is 1. The Morgan fingerprint density at radius 1 is 1.13 bits per heavy atom. The summed E-state index contributed by atoms with van der Waals surface area (Å²) < 4.78 is 5.47. The van der Waals surface area contributed by atoms with E-state index < -0.39 is 5.91 Å². The highest BCUT2D eigenvalue weighted by molar-refractivity contribution is 6.06. The highest BCUT2D eigenvalue weighted by Gasteiger charge is 2.14. The molecule has 23 heavy (non-hydrogen) atoms. The van der Waals surface area contributed by atoms with E-state index in [0.29, 0.717) is 28.9 Å². The van der Waals surface area contributed by atoms with Crippen LogP contribution in [0.1, 0.15) is 17.3 Å². The number of aromatic amines is 1. The molecule has 0 bridgehead atoms. The predicted molar refractivity (Wildman–Crippen MR) is 90.1 cm³/mol. The number of hydrogen-bond donors (Lipinski definition) is 2. The Morgan fingerprint density at radius 3 is 2.70 bits per heavy atom. The number of anilines is 1. The van der Waals surface area contributed by atoms with Crippen LogP contribution in [0, 0.1) is 0 Å². The molecule has 3 rings (SSSR count). The van der Waals surface area contributed by atoms with E-state index in [4.69, 9.17) is 4.74 Å². The van der Waals surface area contributed by atoms with Crippen LogP contribution in [0.5, 0.6) is 5.75 Å². The maximum absolute atomic E-state index is 12.5. The topological polar surface area (TPSA) is 71.2 Å². The van der Waals surface area contributed by atoms with Gasteiger partial charge < -0.3 is 15.0 Å². The highest BCUT2D eigenvalue weighted by atomic mass is 16.5. The van der Waals surface area contributed by atoms with E-state index in [2.05, 4.69) is 10.3 Å². The number of fused-ring (bicyclic) bond motifs is 1. The van der Waals surface area contributed by atoms with Gasteiger partial charge in [0, 0.05) is 17.1 Å². The molecule has 3 aromatic rings. The van der Waals surface area contributed by atoms with Crippen LogP contribution in [0.4, 0.5) is 5.69 Å². The fourth-order valence-electron chi connectivity index (χ4n) is 2.38. The van der Waals surface area contributed by atoms with Crippen molar-refractivity contribution >= 4 is 22.5 Å². The van der Waals surface area contributed by atoms with Gasteiger partial charge in [0.05, 0.1) is 12.3 Å². The molecule has 0 radical (unpaired) electrons. The molecule has 0 saturated heterocycles. The summed E-state index contributed by atoms with van der Waals surface area (Å²) in [6, 6.07) is 14.2. The smallest absolute Gasteiger partial charge is 0.261 e. The number of benzene rings is 2. The van der Waals surface area contributed by atoms with Crippen molar-refractivity contribution in [3.8, 4) is 5.75 Å². The molecule has 0 aliphatic carbocycles. The average molecular weight is 308 g/mol. The number of carbonyl (C=O) groups is 1. The molecule has 0 aliphatic heterocycles. The van der Waals surface area contributed by atoms with Crippen LogP contribution in [-0.4, -0.2) is 17.5 Å². The zero-order valence-corrected chi connectivity index (χ0v) is 12.6. The molecule has 1 aromatic heterocycles. The molecule has 5 heteroatoms. The largest absolute Gasteiger partial charge is 0.492 e. The lowest BCUT2D eigenvalue weighted by molar-refractivity contribution is 0.102. The third kappa shape index (κ3) is 2.94. The Bertz CT molecular complexity index is 915. The number of amides is 1. The minimum absolute atomic E-state index is 0.0648. The summed E-state index contributed by atoms with van der Waals surface area (Å²) in [7, 11) is 0. The first-order chi connectivity index (χ1) is 11.2. The third-order valence-electron chi connectivity index (χ3n) is 3.47. The zero-order chi connectivity index (χ0) is 16.2. The number of nitrogens with one attached hydrogen (secondary N) is 2. The number of para-hydroxylation sites is 3. The quantitative estimate of drug-likeness (QED) is 0.777. The van der Waals surface area contributed by atoms with Crippen molar-refractivity contribution in [2.24, 2.45) is 0 Å². The standard InChI is InChI=1S/C18H16N2O3/c1-2-23-16-10-6-5-9-15(16)20-18(22)13-11-19-14-8-4-3-7-12(14)17(13)21/h3-11H,2H2,1H3,(H,19,21)(H,20,22). The van der Waals surface area contributed by atoms with Crippen molar-refractivity contribution in [1.82, 2.24) is 4.98 Å². The van der Waals surface area contributed by atoms with Gasteiger partial charge in [-0.05, 0) is 31.2 Å². The monoisotopic (exact) mass is 308 g/mol. The van der Waals surface area contributed by atoms with Gasteiger partial charge in [0.1, 0.15) is 11.3 Å². The maximum Gasteiger partial charge on any atom is 0.261 e. The van der Waals surface area contributed by atoms with E-state index in [0.717, 1.165) is 0 Å². The van der Waals surface area contributed by atoms with Crippen molar-refractivity contribution < 1.29 is 9.53 Å². The van der Waals surface area contributed by atoms with E-state index in [-0.39, 0.29) is 11.0 Å². The number of ether oxygens (including phenoxy) is 1. The Kier molecular flexibility index (Phi) is 4.10. The van der Waals surface area contributed by atoms with Gasteiger partial charge in [-0.3, -0.25) is 9.59 Å². The Hall–Kier alpha value is -3.08. The van der Waals surface area contributed by atoms with Gasteiger partial charge in [0.15, 0.2) is 0 Å². The van der Waals surface area contributed by atoms with Gasteiger partial charge in [-0.15, -0.1) is 0 Å². The van der Waals surface area contributed by atoms with Crippen LogP contribution < -0.4 is 15.5 Å². The number of hydrogen-bond acceptors (Lipinski definition) is 3. The Balaban J connectivity index is 1.96. The van der Waals surface area contributed by atoms with Crippen LogP contribution in [0.2, 0.25) is 0 Å². The summed E-state index contributed by atoms with van der Waals surface area (Å²) in [4.78, 5) is 27.9. The summed E-state index contributed by atoms with van der Waals surface area (Å²) in [5, 5.41) is 3.22. The van der Waals surface area contributed by atoms with Gasteiger partial charge in [0.2, 0.25) is 5.43 Å². The molecule has 0 saturated carbocycles. The molecule has 0 atom stereocenters. The number of H-pyrrole nitrogens is 1. The van der Waals surface area contributed by atoms with Crippen molar-refractivity contribution in [2.45, 2.75) is 6.92 Å². The van der Waals surface area contributed by atoms with E-state index in [9.17, 15) is 9.59 Å². The first-order valence-electron chi connectivity index (χ1n) is 7.34. The van der Waals surface area contributed by atoms with E-state index in [1.54, 1.807) is 36.4 Å². The van der Waals surface area contributed by atoms with Crippen molar-refractivity contribution in [3.05, 3.63) is 70.5 Å². The normalized spacial score (nSPS) is 10.5. The van der Waals surface area contributed by atoms with Gasteiger partial charge >= 0.3 is 0 Å². The Labute approximate surface area is 132 Å². The SMILES string of the molecule is CCOc1ccccc1NC(=O)c1c[nH]c2ccccc2c1=O. The average Bonchev–Trinajstić information content (AvgIpc) is 2.57. The predicted octanol–water partition coefficient (Wildman–Crippen LogP) is 3.18. The van der Waals surface area contributed by atoms with Crippen molar-refractivity contribution in [2.75, 3.05) is 11.9 Å². The van der Waals surface area contributed by atoms with E-state index >= 15 is 0 Å². The van der Waals surface area contributed by atoms with Crippen LogP contribution in [-0.2, 0) is 0 Å². The van der Waals surface area contributed by atoms with Gasteiger partial charge in [0.25, 0.3) is 5.91 Å². The number of rotatable bonds is 4.